The summed E-state index contributed by atoms with van der Waals surface area (Å²) in [6, 6.07) is 11.2. The molecule has 0 radical (unpaired) electrons. The lowest BCUT2D eigenvalue weighted by molar-refractivity contribution is -0.322. The van der Waals surface area contributed by atoms with E-state index in [1.807, 2.05) is 0 Å². The zero-order chi connectivity index (χ0) is 18.7. The lowest BCUT2D eigenvalue weighted by atomic mass is 10.2. The number of anilines is 1. The minimum atomic E-state index is -5.27. The Hall–Kier alpha value is -2.77. The fraction of sp³-hybridized carbons (Fsp3) is 0.133. The van der Waals surface area contributed by atoms with Crippen LogP contribution in [0.25, 0.3) is 0 Å². The van der Waals surface area contributed by atoms with Crippen LogP contribution in [0, 0.1) is 11.3 Å². The minimum Gasteiger partial charge on any atom is -0.497 e. The number of halogens is 3. The highest BCUT2D eigenvalue weighted by Crippen LogP contribution is 2.31. The molecule has 6 nitrogen and oxygen atoms in total. The van der Waals surface area contributed by atoms with E-state index in [4.69, 9.17) is 10.00 Å². The summed E-state index contributed by atoms with van der Waals surface area (Å²) in [5.74, 6) is 0.311. The smallest absolute Gasteiger partial charge is 0.497 e. The third kappa shape index (κ3) is 4.20. The van der Waals surface area contributed by atoms with Crippen molar-refractivity contribution in [3.8, 4) is 11.8 Å². The summed E-state index contributed by atoms with van der Waals surface area (Å²) in [6.07, 6.45) is -5.27. The first-order valence-corrected chi connectivity index (χ1v) is 8.07. The van der Waals surface area contributed by atoms with Crippen molar-refractivity contribution < 1.29 is 31.2 Å². The number of rotatable bonds is 5. The Morgan fingerprint density at radius 3 is 2.20 bits per heavy atom. The van der Waals surface area contributed by atoms with Crippen molar-refractivity contribution in [2.75, 3.05) is 11.6 Å². The number of ether oxygens (including phenoxy) is 1. The van der Waals surface area contributed by atoms with Gasteiger partial charge in [0.1, 0.15) is 16.7 Å². The van der Waals surface area contributed by atoms with Gasteiger partial charge in [0.2, 0.25) is 0 Å². The van der Waals surface area contributed by atoms with Crippen molar-refractivity contribution in [1.29, 1.82) is 5.26 Å². The van der Waals surface area contributed by atoms with Crippen LogP contribution in [-0.2, 0) is 14.9 Å². The van der Waals surface area contributed by atoms with Gasteiger partial charge in [0.25, 0.3) is 10.0 Å². The summed E-state index contributed by atoms with van der Waals surface area (Å²) in [4.78, 5) is 3.10. The molecule has 0 aliphatic heterocycles. The van der Waals surface area contributed by atoms with Gasteiger partial charge in [0.15, 0.2) is 0 Å². The highest BCUT2D eigenvalue weighted by molar-refractivity contribution is 7.92. The fourth-order valence-corrected chi connectivity index (χ4v) is 3.31. The lowest BCUT2D eigenvalue weighted by Crippen LogP contribution is -2.37. The van der Waals surface area contributed by atoms with Crippen LogP contribution in [0.15, 0.2) is 53.4 Å². The highest BCUT2D eigenvalue weighted by Gasteiger charge is 2.40. The number of benzene rings is 2. The van der Waals surface area contributed by atoms with Gasteiger partial charge in [-0.1, -0.05) is 12.1 Å². The molecule has 25 heavy (non-hydrogen) atoms. The van der Waals surface area contributed by atoms with Crippen LogP contribution in [0.3, 0.4) is 0 Å². The van der Waals surface area contributed by atoms with Gasteiger partial charge in [-0.25, -0.2) is 0 Å². The van der Waals surface area contributed by atoms with Crippen LogP contribution in [0.4, 0.5) is 18.9 Å². The summed E-state index contributed by atoms with van der Waals surface area (Å²) in [5, 5.41) is 9.02. The van der Waals surface area contributed by atoms with E-state index in [0.717, 1.165) is 18.2 Å². The average Bonchev–Trinajstić information content (AvgIpc) is 2.59. The zero-order valence-electron chi connectivity index (χ0n) is 12.7. The molecule has 0 N–H and O–H groups in total. The summed E-state index contributed by atoms with van der Waals surface area (Å²) in [5.41, 5.74) is -0.724. The molecule has 0 aromatic heterocycles. The van der Waals surface area contributed by atoms with Gasteiger partial charge in [-0.15, -0.1) is 17.6 Å². The number of sulfonamides is 1. The molecule has 10 heteroatoms. The summed E-state index contributed by atoms with van der Waals surface area (Å²) in [7, 11) is -3.48. The number of alkyl halides is 3. The molecule has 2 rings (SSSR count). The van der Waals surface area contributed by atoms with E-state index in [9.17, 15) is 21.6 Å². The molecule has 0 fully saturated rings. The third-order valence-corrected chi connectivity index (χ3v) is 4.61. The molecule has 0 saturated carbocycles. The molecule has 0 unspecified atom stereocenters. The Kier molecular flexibility index (Phi) is 5.20. The van der Waals surface area contributed by atoms with Gasteiger partial charge in [-0.2, -0.15) is 18.5 Å². The SMILES string of the molecule is COc1ccc(N(OC(F)(F)F)S(=O)(=O)c2ccccc2C#N)cc1. The first kappa shape index (κ1) is 18.6. The standard InChI is InChI=1S/C15H11F3N2O4S/c1-23-13-8-6-12(7-9-13)20(24-15(16,17)18)25(21,22)14-5-3-2-4-11(14)10-19/h2-9H,1H3. The van der Waals surface area contributed by atoms with Crippen LogP contribution in [0.2, 0.25) is 0 Å². The number of methoxy groups -OCH3 is 1. The fourth-order valence-electron chi connectivity index (χ4n) is 1.91. The highest BCUT2D eigenvalue weighted by atomic mass is 32.2. The van der Waals surface area contributed by atoms with E-state index >= 15 is 0 Å². The number of nitrogens with zero attached hydrogens (tertiary/aromatic N) is 2. The van der Waals surface area contributed by atoms with Crippen LogP contribution in [0.5, 0.6) is 5.75 Å². The Morgan fingerprint density at radius 2 is 1.68 bits per heavy atom. The second-order valence-electron chi connectivity index (χ2n) is 4.58. The van der Waals surface area contributed by atoms with Crippen molar-refractivity contribution in [2.24, 2.45) is 0 Å². The largest absolute Gasteiger partial charge is 0.544 e. The van der Waals surface area contributed by atoms with E-state index in [-0.39, 0.29) is 10.0 Å². The van der Waals surface area contributed by atoms with Gasteiger partial charge in [-0.05, 0) is 36.4 Å². The van der Waals surface area contributed by atoms with E-state index in [1.165, 1.54) is 37.4 Å². The predicted molar refractivity (Wildman–Crippen MR) is 81.0 cm³/mol. The van der Waals surface area contributed by atoms with Gasteiger partial charge >= 0.3 is 6.36 Å². The van der Waals surface area contributed by atoms with E-state index in [2.05, 4.69) is 4.84 Å². The molecule has 0 heterocycles. The van der Waals surface area contributed by atoms with Crippen molar-refractivity contribution in [3.63, 3.8) is 0 Å². The van der Waals surface area contributed by atoms with Crippen molar-refractivity contribution in [3.05, 3.63) is 54.1 Å². The maximum atomic E-state index is 12.7. The maximum absolute atomic E-state index is 12.7. The molecular formula is C15H11F3N2O4S. The van der Waals surface area contributed by atoms with E-state index < -0.39 is 27.0 Å². The lowest BCUT2D eigenvalue weighted by Gasteiger charge is -2.24. The number of hydrogen-bond acceptors (Lipinski definition) is 5. The molecule has 0 atom stereocenters. The van der Waals surface area contributed by atoms with Gasteiger partial charge in [0, 0.05) is 0 Å². The molecule has 0 amide bonds. The van der Waals surface area contributed by atoms with E-state index in [1.54, 1.807) is 6.07 Å². The van der Waals surface area contributed by atoms with E-state index in [0.29, 0.717) is 5.75 Å². The van der Waals surface area contributed by atoms with Gasteiger partial charge < -0.3 is 4.74 Å². The molecule has 0 aliphatic rings. The molecule has 0 spiro atoms. The monoisotopic (exact) mass is 372 g/mol. The maximum Gasteiger partial charge on any atom is 0.544 e. The van der Waals surface area contributed by atoms with Crippen LogP contribution >= 0.6 is 0 Å². The molecule has 0 bridgehead atoms. The van der Waals surface area contributed by atoms with Gasteiger partial charge in [0.05, 0.1) is 18.4 Å². The van der Waals surface area contributed by atoms with Crippen molar-refractivity contribution >= 4 is 15.7 Å². The quantitative estimate of drug-likeness (QED) is 0.753. The first-order valence-electron chi connectivity index (χ1n) is 6.63. The third-order valence-electron chi connectivity index (χ3n) is 2.97. The first-order chi connectivity index (χ1) is 11.7. The topological polar surface area (TPSA) is 79.6 Å². The summed E-state index contributed by atoms with van der Waals surface area (Å²) < 4.78 is 68.2. The van der Waals surface area contributed by atoms with Crippen molar-refractivity contribution in [1.82, 2.24) is 0 Å². The Balaban J connectivity index is 2.59. The molecule has 2 aromatic rings. The number of hydrogen-bond donors (Lipinski definition) is 0. The Bertz CT molecular complexity index is 890. The summed E-state index contributed by atoms with van der Waals surface area (Å²) >= 11 is 0. The molecule has 2 aromatic carbocycles. The summed E-state index contributed by atoms with van der Waals surface area (Å²) in [6.45, 7) is 0. The molecule has 0 saturated heterocycles. The minimum absolute atomic E-state index is 0.275. The molecule has 132 valence electrons. The van der Waals surface area contributed by atoms with Crippen LogP contribution < -0.4 is 9.21 Å². The zero-order valence-corrected chi connectivity index (χ0v) is 13.5. The van der Waals surface area contributed by atoms with Crippen LogP contribution in [-0.4, -0.2) is 21.9 Å². The molecule has 0 aliphatic carbocycles. The van der Waals surface area contributed by atoms with Crippen LogP contribution in [0.1, 0.15) is 5.56 Å². The number of nitriles is 1. The molecular weight excluding hydrogens is 361 g/mol. The second kappa shape index (κ2) is 7.00. The second-order valence-corrected chi connectivity index (χ2v) is 6.30. The average molecular weight is 372 g/mol. The van der Waals surface area contributed by atoms with Crippen molar-refractivity contribution in [2.45, 2.75) is 11.3 Å². The van der Waals surface area contributed by atoms with Gasteiger partial charge in [-0.3, -0.25) is 0 Å². The Labute approximate surface area is 141 Å². The predicted octanol–water partition coefficient (Wildman–Crippen LogP) is 3.21. The Morgan fingerprint density at radius 1 is 1.08 bits per heavy atom. The normalized spacial score (nSPS) is 11.6.